The Balaban J connectivity index is 1.41. The molecular weight excluding hydrogens is 384 g/mol. The minimum absolute atomic E-state index is 0.0615. The zero-order valence-electron chi connectivity index (χ0n) is 17.9. The maximum atomic E-state index is 12.7. The Hall–Kier alpha value is -3.37. The van der Waals surface area contributed by atoms with Gasteiger partial charge < -0.3 is 9.64 Å². The summed E-state index contributed by atoms with van der Waals surface area (Å²) >= 11 is 0. The number of carbonyl (C=O) groups is 1. The normalized spacial score (nSPS) is 14.8. The summed E-state index contributed by atoms with van der Waals surface area (Å²) in [6, 6.07) is 29.1. The van der Waals surface area contributed by atoms with Crippen LogP contribution < -0.4 is 4.74 Å². The number of rotatable bonds is 6. The van der Waals surface area contributed by atoms with Crippen molar-refractivity contribution in [1.82, 2.24) is 9.80 Å². The van der Waals surface area contributed by atoms with Crippen LogP contribution in [0.2, 0.25) is 0 Å². The van der Waals surface area contributed by atoms with Crippen LogP contribution in [0.3, 0.4) is 0 Å². The second-order valence-corrected chi connectivity index (χ2v) is 7.69. The lowest BCUT2D eigenvalue weighted by Crippen LogP contribution is -2.49. The topological polar surface area (TPSA) is 32.8 Å². The smallest absolute Gasteiger partial charge is 0.246 e. The van der Waals surface area contributed by atoms with Crippen LogP contribution in [0.5, 0.6) is 5.75 Å². The van der Waals surface area contributed by atoms with E-state index in [9.17, 15) is 4.79 Å². The quantitative estimate of drug-likeness (QED) is 0.553. The van der Waals surface area contributed by atoms with Crippen LogP contribution >= 0.6 is 0 Å². The molecule has 31 heavy (non-hydrogen) atoms. The third-order valence-electron chi connectivity index (χ3n) is 5.76. The summed E-state index contributed by atoms with van der Waals surface area (Å²) in [5.41, 5.74) is 3.56. The van der Waals surface area contributed by atoms with Crippen LogP contribution in [0.1, 0.15) is 22.7 Å². The molecule has 0 aromatic heterocycles. The molecule has 0 atom stereocenters. The molecule has 0 aliphatic carbocycles. The molecular formula is C27H28N2O2. The van der Waals surface area contributed by atoms with E-state index < -0.39 is 0 Å². The van der Waals surface area contributed by atoms with E-state index in [1.54, 1.807) is 13.2 Å². The SMILES string of the molecule is COc1ccc(C=CC(=O)N2CCN(C(c3ccccc3)c3ccccc3)CC2)cc1. The standard InChI is InChI=1S/C27H28N2O2/c1-31-25-15-12-22(13-16-25)14-17-26(30)28-18-20-29(21-19-28)27(23-8-4-2-5-9-23)24-10-6-3-7-11-24/h2-17,27H,18-21H2,1H3. The highest BCUT2D eigenvalue weighted by atomic mass is 16.5. The molecule has 158 valence electrons. The molecule has 3 aromatic rings. The van der Waals surface area contributed by atoms with Gasteiger partial charge in [0.25, 0.3) is 0 Å². The first kappa shape index (κ1) is 20.9. The molecule has 0 unspecified atom stereocenters. The fourth-order valence-corrected chi connectivity index (χ4v) is 4.07. The Morgan fingerprint density at radius 1 is 0.806 bits per heavy atom. The van der Waals surface area contributed by atoms with Gasteiger partial charge in [0, 0.05) is 32.3 Å². The monoisotopic (exact) mass is 412 g/mol. The minimum atomic E-state index is 0.0615. The fraction of sp³-hybridized carbons (Fsp3) is 0.222. The van der Waals surface area contributed by atoms with E-state index in [2.05, 4.69) is 65.6 Å². The van der Waals surface area contributed by atoms with Gasteiger partial charge in [-0.3, -0.25) is 9.69 Å². The number of hydrogen-bond acceptors (Lipinski definition) is 3. The van der Waals surface area contributed by atoms with Crippen LogP contribution in [0.25, 0.3) is 6.08 Å². The first-order valence-corrected chi connectivity index (χ1v) is 10.7. The highest BCUT2D eigenvalue weighted by Gasteiger charge is 2.27. The molecule has 1 heterocycles. The van der Waals surface area contributed by atoms with Crippen molar-refractivity contribution >= 4 is 12.0 Å². The van der Waals surface area contributed by atoms with Gasteiger partial charge in [-0.05, 0) is 34.9 Å². The fourth-order valence-electron chi connectivity index (χ4n) is 4.07. The van der Waals surface area contributed by atoms with E-state index in [0.717, 1.165) is 37.5 Å². The van der Waals surface area contributed by atoms with Crippen molar-refractivity contribution < 1.29 is 9.53 Å². The van der Waals surface area contributed by atoms with E-state index in [-0.39, 0.29) is 11.9 Å². The molecule has 1 aliphatic rings. The number of methoxy groups -OCH3 is 1. The summed E-state index contributed by atoms with van der Waals surface area (Å²) < 4.78 is 5.18. The zero-order valence-corrected chi connectivity index (χ0v) is 17.9. The van der Waals surface area contributed by atoms with Crippen molar-refractivity contribution in [3.8, 4) is 5.75 Å². The van der Waals surface area contributed by atoms with Gasteiger partial charge in [-0.25, -0.2) is 0 Å². The van der Waals surface area contributed by atoms with E-state index in [4.69, 9.17) is 4.74 Å². The molecule has 4 nitrogen and oxygen atoms in total. The van der Waals surface area contributed by atoms with Crippen molar-refractivity contribution in [2.75, 3.05) is 33.3 Å². The van der Waals surface area contributed by atoms with Gasteiger partial charge in [0.05, 0.1) is 13.2 Å². The summed E-state index contributed by atoms with van der Waals surface area (Å²) in [5, 5.41) is 0. The molecule has 1 fully saturated rings. The second kappa shape index (κ2) is 10.1. The Kier molecular flexibility index (Phi) is 6.80. The molecule has 0 bridgehead atoms. The van der Waals surface area contributed by atoms with Gasteiger partial charge in [0.15, 0.2) is 0 Å². The van der Waals surface area contributed by atoms with Gasteiger partial charge >= 0.3 is 0 Å². The summed E-state index contributed by atoms with van der Waals surface area (Å²) in [5.74, 6) is 0.873. The van der Waals surface area contributed by atoms with Crippen molar-refractivity contribution in [1.29, 1.82) is 0 Å². The maximum Gasteiger partial charge on any atom is 0.246 e. The number of piperazine rings is 1. The Bertz CT molecular complexity index is 953. The largest absolute Gasteiger partial charge is 0.497 e. The van der Waals surface area contributed by atoms with Crippen LogP contribution in [0, 0.1) is 0 Å². The van der Waals surface area contributed by atoms with Crippen LogP contribution in [0.15, 0.2) is 91.0 Å². The molecule has 1 aliphatic heterocycles. The highest BCUT2D eigenvalue weighted by molar-refractivity contribution is 5.91. The molecule has 1 saturated heterocycles. The Labute approximate surface area is 184 Å². The molecule has 0 radical (unpaired) electrons. The van der Waals surface area contributed by atoms with Crippen LogP contribution in [-0.2, 0) is 4.79 Å². The van der Waals surface area contributed by atoms with Gasteiger partial charge in [-0.2, -0.15) is 0 Å². The third-order valence-corrected chi connectivity index (χ3v) is 5.76. The van der Waals surface area contributed by atoms with Gasteiger partial charge in [-0.15, -0.1) is 0 Å². The lowest BCUT2D eigenvalue weighted by molar-refractivity contribution is -0.127. The highest BCUT2D eigenvalue weighted by Crippen LogP contribution is 2.29. The van der Waals surface area contributed by atoms with Crippen molar-refractivity contribution in [2.45, 2.75) is 6.04 Å². The van der Waals surface area contributed by atoms with Gasteiger partial charge in [0.2, 0.25) is 5.91 Å². The molecule has 4 heteroatoms. The van der Waals surface area contributed by atoms with E-state index in [1.165, 1.54) is 11.1 Å². The molecule has 4 rings (SSSR count). The zero-order chi connectivity index (χ0) is 21.5. The Morgan fingerprint density at radius 3 is 1.87 bits per heavy atom. The average molecular weight is 413 g/mol. The molecule has 0 spiro atoms. The molecule has 3 aromatic carbocycles. The van der Waals surface area contributed by atoms with Crippen LogP contribution in [-0.4, -0.2) is 49.0 Å². The summed E-state index contributed by atoms with van der Waals surface area (Å²) in [6.45, 7) is 3.14. The number of hydrogen-bond donors (Lipinski definition) is 0. The second-order valence-electron chi connectivity index (χ2n) is 7.69. The number of benzene rings is 3. The summed E-state index contributed by atoms with van der Waals surface area (Å²) in [4.78, 5) is 17.1. The average Bonchev–Trinajstić information content (AvgIpc) is 2.85. The predicted molar refractivity (Wildman–Crippen MR) is 125 cm³/mol. The van der Waals surface area contributed by atoms with Crippen LogP contribution in [0.4, 0.5) is 0 Å². The predicted octanol–water partition coefficient (Wildman–Crippen LogP) is 4.64. The van der Waals surface area contributed by atoms with Crippen molar-refractivity contribution in [3.63, 3.8) is 0 Å². The lowest BCUT2D eigenvalue weighted by atomic mass is 9.96. The number of amides is 1. The van der Waals surface area contributed by atoms with E-state index in [1.807, 2.05) is 35.2 Å². The molecule has 0 saturated carbocycles. The molecule has 1 amide bonds. The minimum Gasteiger partial charge on any atom is -0.497 e. The summed E-state index contributed by atoms with van der Waals surface area (Å²) in [7, 11) is 1.65. The third kappa shape index (κ3) is 5.22. The van der Waals surface area contributed by atoms with Crippen molar-refractivity contribution in [3.05, 3.63) is 108 Å². The first-order valence-electron chi connectivity index (χ1n) is 10.7. The maximum absolute atomic E-state index is 12.7. The van der Waals surface area contributed by atoms with Gasteiger partial charge in [-0.1, -0.05) is 72.8 Å². The number of carbonyl (C=O) groups excluding carboxylic acids is 1. The molecule has 0 N–H and O–H groups in total. The lowest BCUT2D eigenvalue weighted by Gasteiger charge is -2.39. The number of nitrogens with zero attached hydrogens (tertiary/aromatic N) is 2. The van der Waals surface area contributed by atoms with Gasteiger partial charge in [0.1, 0.15) is 5.75 Å². The number of ether oxygens (including phenoxy) is 1. The van der Waals surface area contributed by atoms with E-state index >= 15 is 0 Å². The van der Waals surface area contributed by atoms with Crippen molar-refractivity contribution in [2.24, 2.45) is 0 Å². The van der Waals surface area contributed by atoms with E-state index in [0.29, 0.717) is 0 Å². The Morgan fingerprint density at radius 2 is 1.35 bits per heavy atom. The summed E-state index contributed by atoms with van der Waals surface area (Å²) in [6.07, 6.45) is 3.54. The first-order chi connectivity index (χ1) is 15.2.